The average molecular weight is 330 g/mol. The lowest BCUT2D eigenvalue weighted by atomic mass is 9.92. The second-order valence-electron chi connectivity index (χ2n) is 6.62. The summed E-state index contributed by atoms with van der Waals surface area (Å²) in [7, 11) is -1.81. The maximum atomic E-state index is 12.5. The maximum absolute atomic E-state index is 12.5. The zero-order valence-corrected chi connectivity index (χ0v) is 14.6. The third-order valence-electron chi connectivity index (χ3n) is 3.62. The molecule has 0 amide bonds. The number of aryl methyl sites for hydroxylation is 1. The van der Waals surface area contributed by atoms with E-state index >= 15 is 0 Å². The van der Waals surface area contributed by atoms with Gasteiger partial charge in [0.25, 0.3) is 0 Å². The summed E-state index contributed by atoms with van der Waals surface area (Å²) < 4.78 is 34.6. The van der Waals surface area contributed by atoms with Crippen molar-refractivity contribution in [2.45, 2.75) is 31.1 Å². The van der Waals surface area contributed by atoms with Gasteiger partial charge in [-0.3, -0.25) is 9.58 Å². The van der Waals surface area contributed by atoms with Gasteiger partial charge in [-0.25, -0.2) is 13.1 Å². The van der Waals surface area contributed by atoms with E-state index < -0.39 is 10.0 Å². The molecule has 0 unspecified atom stereocenters. The van der Waals surface area contributed by atoms with Gasteiger partial charge in [0.2, 0.25) is 10.0 Å². The first kappa shape index (κ1) is 17.4. The predicted octanol–water partition coefficient (Wildman–Crippen LogP) is 0.328. The van der Waals surface area contributed by atoms with E-state index in [1.165, 1.54) is 0 Å². The number of nitrogens with zero attached hydrogens (tertiary/aromatic N) is 3. The van der Waals surface area contributed by atoms with Gasteiger partial charge in [-0.05, 0) is 0 Å². The van der Waals surface area contributed by atoms with Gasteiger partial charge in [-0.1, -0.05) is 20.8 Å². The van der Waals surface area contributed by atoms with Gasteiger partial charge in [0, 0.05) is 44.8 Å². The predicted molar refractivity (Wildman–Crippen MR) is 84.4 cm³/mol. The quantitative estimate of drug-likeness (QED) is 0.842. The zero-order valence-electron chi connectivity index (χ0n) is 13.8. The molecule has 1 fully saturated rings. The smallest absolute Gasteiger partial charge is 0.244 e. The summed E-state index contributed by atoms with van der Waals surface area (Å²) in [6.45, 7) is 10.1. The maximum Gasteiger partial charge on any atom is 0.244 e. The van der Waals surface area contributed by atoms with Crippen molar-refractivity contribution in [3.8, 4) is 0 Å². The molecule has 126 valence electrons. The topological polar surface area (TPSA) is 76.5 Å². The number of hydrogen-bond donors (Lipinski definition) is 1. The second-order valence-corrected chi connectivity index (χ2v) is 8.35. The molecule has 1 aromatic heterocycles. The van der Waals surface area contributed by atoms with E-state index in [2.05, 4.69) is 14.7 Å². The molecule has 1 aliphatic heterocycles. The Kier molecular flexibility index (Phi) is 5.26. The van der Waals surface area contributed by atoms with Crippen molar-refractivity contribution in [1.29, 1.82) is 0 Å². The summed E-state index contributed by atoms with van der Waals surface area (Å²) >= 11 is 0. The lowest BCUT2D eigenvalue weighted by Gasteiger charge is -2.26. The van der Waals surface area contributed by atoms with Crippen LogP contribution in [0.25, 0.3) is 0 Å². The van der Waals surface area contributed by atoms with Crippen LogP contribution < -0.4 is 4.72 Å². The minimum absolute atomic E-state index is 0.268. The van der Waals surface area contributed by atoms with Gasteiger partial charge in [0.05, 0.1) is 18.9 Å². The zero-order chi connectivity index (χ0) is 16.4. The van der Waals surface area contributed by atoms with E-state index in [4.69, 9.17) is 4.74 Å². The molecule has 7 nitrogen and oxygen atoms in total. The Morgan fingerprint density at radius 2 is 1.95 bits per heavy atom. The van der Waals surface area contributed by atoms with E-state index in [1.807, 2.05) is 20.8 Å². The fraction of sp³-hybridized carbons (Fsp3) is 0.786. The molecule has 8 heteroatoms. The molecule has 0 spiro atoms. The SMILES string of the molecule is Cn1cc(S(=O)(=O)NCCN2CCOCC2)c(C(C)(C)C)n1. The highest BCUT2D eigenvalue weighted by molar-refractivity contribution is 7.89. The van der Waals surface area contributed by atoms with Crippen molar-refractivity contribution in [2.75, 3.05) is 39.4 Å². The molecule has 0 radical (unpaired) electrons. The first-order chi connectivity index (χ1) is 10.2. The molecule has 22 heavy (non-hydrogen) atoms. The fourth-order valence-electron chi connectivity index (χ4n) is 2.42. The minimum Gasteiger partial charge on any atom is -0.379 e. The van der Waals surface area contributed by atoms with E-state index in [0.717, 1.165) is 13.1 Å². The molecule has 0 saturated carbocycles. The van der Waals surface area contributed by atoms with Crippen LogP contribution in [0.3, 0.4) is 0 Å². The molecular formula is C14H26N4O3S. The van der Waals surface area contributed by atoms with Gasteiger partial charge in [0.1, 0.15) is 4.90 Å². The number of nitrogens with one attached hydrogen (secondary N) is 1. The van der Waals surface area contributed by atoms with Crippen molar-refractivity contribution in [1.82, 2.24) is 19.4 Å². The van der Waals surface area contributed by atoms with Crippen LogP contribution in [0.5, 0.6) is 0 Å². The van der Waals surface area contributed by atoms with Crippen molar-refractivity contribution >= 4 is 10.0 Å². The normalized spacial score (nSPS) is 17.8. The molecule has 2 heterocycles. The van der Waals surface area contributed by atoms with Crippen molar-refractivity contribution in [2.24, 2.45) is 7.05 Å². The van der Waals surface area contributed by atoms with Gasteiger partial charge in [-0.2, -0.15) is 5.10 Å². The van der Waals surface area contributed by atoms with Gasteiger partial charge < -0.3 is 4.74 Å². The van der Waals surface area contributed by atoms with Crippen LogP contribution in [0.15, 0.2) is 11.1 Å². The Morgan fingerprint density at radius 3 is 2.55 bits per heavy atom. The molecule has 1 saturated heterocycles. The number of morpholine rings is 1. The molecule has 1 aliphatic rings. The summed E-state index contributed by atoms with van der Waals surface area (Å²) in [6, 6.07) is 0. The first-order valence-corrected chi connectivity index (χ1v) is 9.02. The molecular weight excluding hydrogens is 304 g/mol. The average Bonchev–Trinajstić information content (AvgIpc) is 2.83. The highest BCUT2D eigenvalue weighted by Gasteiger charge is 2.29. The van der Waals surface area contributed by atoms with Crippen molar-refractivity contribution < 1.29 is 13.2 Å². The molecule has 2 rings (SSSR count). The third kappa shape index (κ3) is 4.28. The Labute approximate surface area is 132 Å². The minimum atomic E-state index is -3.55. The molecule has 1 N–H and O–H groups in total. The van der Waals surface area contributed by atoms with Gasteiger partial charge >= 0.3 is 0 Å². The Bertz CT molecular complexity index is 598. The molecule has 0 atom stereocenters. The van der Waals surface area contributed by atoms with E-state index in [0.29, 0.717) is 32.0 Å². The number of aromatic nitrogens is 2. The lowest BCUT2D eigenvalue weighted by molar-refractivity contribution is 0.0390. The monoisotopic (exact) mass is 330 g/mol. The third-order valence-corrected chi connectivity index (χ3v) is 5.08. The van der Waals surface area contributed by atoms with Crippen LogP contribution in [-0.4, -0.2) is 62.5 Å². The van der Waals surface area contributed by atoms with E-state index in [-0.39, 0.29) is 10.3 Å². The van der Waals surface area contributed by atoms with Gasteiger partial charge in [0.15, 0.2) is 0 Å². The van der Waals surface area contributed by atoms with Crippen LogP contribution in [-0.2, 0) is 27.2 Å². The molecule has 0 aliphatic carbocycles. The van der Waals surface area contributed by atoms with Crippen LogP contribution in [0, 0.1) is 0 Å². The largest absolute Gasteiger partial charge is 0.379 e. The van der Waals surface area contributed by atoms with Crippen molar-refractivity contribution in [3.63, 3.8) is 0 Å². The Morgan fingerprint density at radius 1 is 1.32 bits per heavy atom. The van der Waals surface area contributed by atoms with Crippen LogP contribution in [0.1, 0.15) is 26.5 Å². The molecule has 0 bridgehead atoms. The number of sulfonamides is 1. The Hall–Kier alpha value is -0.960. The number of ether oxygens (including phenoxy) is 1. The number of rotatable bonds is 5. The lowest BCUT2D eigenvalue weighted by Crippen LogP contribution is -2.41. The molecule has 0 aromatic carbocycles. The highest BCUT2D eigenvalue weighted by Crippen LogP contribution is 2.27. The highest BCUT2D eigenvalue weighted by atomic mass is 32.2. The van der Waals surface area contributed by atoms with E-state index in [9.17, 15) is 8.42 Å². The summed E-state index contributed by atoms with van der Waals surface area (Å²) in [5, 5.41) is 4.32. The van der Waals surface area contributed by atoms with Gasteiger partial charge in [-0.15, -0.1) is 0 Å². The number of hydrogen-bond acceptors (Lipinski definition) is 5. The van der Waals surface area contributed by atoms with E-state index in [1.54, 1.807) is 17.9 Å². The molecule has 1 aromatic rings. The first-order valence-electron chi connectivity index (χ1n) is 7.54. The van der Waals surface area contributed by atoms with Crippen LogP contribution in [0.4, 0.5) is 0 Å². The van der Waals surface area contributed by atoms with Crippen LogP contribution >= 0.6 is 0 Å². The summed E-state index contributed by atoms with van der Waals surface area (Å²) in [4.78, 5) is 2.46. The fourth-order valence-corrected chi connectivity index (χ4v) is 3.83. The Balaban J connectivity index is 2.04. The van der Waals surface area contributed by atoms with Crippen LogP contribution in [0.2, 0.25) is 0 Å². The van der Waals surface area contributed by atoms with Crippen molar-refractivity contribution in [3.05, 3.63) is 11.9 Å². The summed E-state index contributed by atoms with van der Waals surface area (Å²) in [5.74, 6) is 0. The standard InChI is InChI=1S/C14H26N4O3S/c1-14(2,3)13-12(11-17(4)16-13)22(19,20)15-5-6-18-7-9-21-10-8-18/h11,15H,5-10H2,1-4H3. The summed E-state index contributed by atoms with van der Waals surface area (Å²) in [6.07, 6.45) is 1.57. The second kappa shape index (κ2) is 6.66. The summed E-state index contributed by atoms with van der Waals surface area (Å²) in [5.41, 5.74) is 0.268.